The van der Waals surface area contributed by atoms with Gasteiger partial charge in [-0.3, -0.25) is 14.9 Å². The number of carbonyl (C=O) groups is 2. The summed E-state index contributed by atoms with van der Waals surface area (Å²) in [6.45, 7) is 8.05. The number of rotatable bonds is 9. The highest BCUT2D eigenvalue weighted by atomic mass is 16.6. The van der Waals surface area contributed by atoms with Crippen LogP contribution in [0.2, 0.25) is 0 Å². The van der Waals surface area contributed by atoms with Crippen LogP contribution in [0.3, 0.4) is 0 Å². The van der Waals surface area contributed by atoms with E-state index in [0.29, 0.717) is 5.56 Å². The number of non-ortho nitro benzene ring substituents is 1. The molecule has 1 N–H and O–H groups in total. The first-order valence-corrected chi connectivity index (χ1v) is 10.3. The maximum atomic E-state index is 12.5. The molecule has 1 aromatic carbocycles. The Balaban J connectivity index is 2.17. The van der Waals surface area contributed by atoms with Crippen LogP contribution in [0, 0.1) is 35.3 Å². The molecule has 2 rings (SSSR count). The first-order chi connectivity index (χ1) is 15.6. The van der Waals surface area contributed by atoms with Crippen molar-refractivity contribution in [3.8, 4) is 11.8 Å². The number of aromatic nitrogens is 1. The molecule has 174 valence electrons. The second-order valence-corrected chi connectivity index (χ2v) is 7.33. The van der Waals surface area contributed by atoms with Crippen LogP contribution < -0.4 is 10.1 Å². The van der Waals surface area contributed by atoms with Crippen molar-refractivity contribution >= 4 is 29.3 Å². The van der Waals surface area contributed by atoms with Gasteiger partial charge in [0.1, 0.15) is 17.4 Å². The molecule has 1 aromatic heterocycles. The van der Waals surface area contributed by atoms with Gasteiger partial charge in [-0.1, -0.05) is 6.92 Å². The zero-order valence-electron chi connectivity index (χ0n) is 19.2. The molecule has 0 bridgehead atoms. The minimum absolute atomic E-state index is 0.0546. The Bertz CT molecular complexity index is 1140. The predicted octanol–water partition coefficient (Wildman–Crippen LogP) is 3.91. The van der Waals surface area contributed by atoms with E-state index in [1.54, 1.807) is 0 Å². The highest BCUT2D eigenvalue weighted by Crippen LogP contribution is 2.29. The van der Waals surface area contributed by atoms with Crippen molar-refractivity contribution in [3.05, 3.63) is 56.9 Å². The van der Waals surface area contributed by atoms with E-state index >= 15 is 0 Å². The van der Waals surface area contributed by atoms with Crippen molar-refractivity contribution in [2.45, 2.75) is 46.8 Å². The summed E-state index contributed by atoms with van der Waals surface area (Å²) in [5.41, 5.74) is 2.20. The highest BCUT2D eigenvalue weighted by Gasteiger charge is 2.23. The smallest absolute Gasteiger partial charge is 0.349 e. The Morgan fingerprint density at radius 3 is 2.61 bits per heavy atom. The van der Waals surface area contributed by atoms with Gasteiger partial charge in [-0.15, -0.1) is 0 Å². The van der Waals surface area contributed by atoms with E-state index in [0.717, 1.165) is 30.4 Å². The number of ether oxygens (including phenoxy) is 2. The molecule has 1 unspecified atom stereocenters. The number of hydrogen-bond acceptors (Lipinski definition) is 7. The lowest BCUT2D eigenvalue weighted by Crippen LogP contribution is -2.30. The molecule has 1 amide bonds. The molecule has 2 aromatic rings. The molecule has 1 heterocycles. The van der Waals surface area contributed by atoms with E-state index in [1.165, 1.54) is 32.2 Å². The molecule has 0 aliphatic rings. The Morgan fingerprint density at radius 1 is 1.33 bits per heavy atom. The number of nitro groups is 1. The summed E-state index contributed by atoms with van der Waals surface area (Å²) in [6, 6.07) is 7.41. The predicted molar refractivity (Wildman–Crippen MR) is 122 cm³/mol. The van der Waals surface area contributed by atoms with Crippen LogP contribution in [0.15, 0.2) is 29.8 Å². The van der Waals surface area contributed by atoms with Crippen LogP contribution in [0.5, 0.6) is 5.75 Å². The van der Waals surface area contributed by atoms with Gasteiger partial charge in [0, 0.05) is 30.1 Å². The van der Waals surface area contributed by atoms with Crippen LogP contribution in [0.4, 0.5) is 11.4 Å². The van der Waals surface area contributed by atoms with E-state index in [1.807, 2.05) is 26.0 Å². The number of carbonyl (C=O) groups excluding carboxylic acids is 2. The van der Waals surface area contributed by atoms with Crippen molar-refractivity contribution in [3.63, 3.8) is 0 Å². The van der Waals surface area contributed by atoms with Gasteiger partial charge >= 0.3 is 5.97 Å². The van der Waals surface area contributed by atoms with Gasteiger partial charge in [-0.25, -0.2) is 4.79 Å². The minimum atomic E-state index is -1.27. The summed E-state index contributed by atoms with van der Waals surface area (Å²) in [5, 5.41) is 22.9. The van der Waals surface area contributed by atoms with Gasteiger partial charge in [0.25, 0.3) is 11.6 Å². The Hall–Kier alpha value is -4.13. The molecule has 33 heavy (non-hydrogen) atoms. The third kappa shape index (κ3) is 5.98. The lowest BCUT2D eigenvalue weighted by Gasteiger charge is -2.15. The van der Waals surface area contributed by atoms with E-state index in [4.69, 9.17) is 9.47 Å². The fourth-order valence-corrected chi connectivity index (χ4v) is 3.25. The SMILES string of the molecule is CCCn1c(C)cc(/C=C(\C#N)C(=O)OC(C)C(=O)Nc2cc([N+](=O)[O-])ccc2OC)c1C. The largest absolute Gasteiger partial charge is 0.495 e. The van der Waals surface area contributed by atoms with Crippen molar-refractivity contribution < 1.29 is 24.0 Å². The number of benzene rings is 1. The average Bonchev–Trinajstić information content (AvgIpc) is 3.04. The molecule has 0 aliphatic heterocycles. The van der Waals surface area contributed by atoms with Gasteiger partial charge in [0.05, 0.1) is 17.7 Å². The first-order valence-electron chi connectivity index (χ1n) is 10.3. The number of aryl methyl sites for hydroxylation is 1. The quantitative estimate of drug-likeness (QED) is 0.199. The number of anilines is 1. The zero-order chi connectivity index (χ0) is 24.7. The number of nitro benzene ring substituents is 1. The van der Waals surface area contributed by atoms with E-state index in [9.17, 15) is 25.0 Å². The molecule has 0 fully saturated rings. The number of nitrogens with one attached hydrogen (secondary N) is 1. The molecule has 1 atom stereocenters. The summed E-state index contributed by atoms with van der Waals surface area (Å²) < 4.78 is 12.4. The number of methoxy groups -OCH3 is 1. The molecular weight excluding hydrogens is 428 g/mol. The lowest BCUT2D eigenvalue weighted by molar-refractivity contribution is -0.384. The van der Waals surface area contributed by atoms with Gasteiger partial charge in [0.2, 0.25) is 0 Å². The molecule has 0 radical (unpaired) electrons. The molecule has 0 saturated heterocycles. The topological polar surface area (TPSA) is 136 Å². The van der Waals surface area contributed by atoms with Gasteiger partial charge in [-0.2, -0.15) is 5.26 Å². The minimum Gasteiger partial charge on any atom is -0.495 e. The average molecular weight is 454 g/mol. The summed E-state index contributed by atoms with van der Waals surface area (Å²) in [5.74, 6) is -1.49. The Kier molecular flexibility index (Phi) is 8.34. The summed E-state index contributed by atoms with van der Waals surface area (Å²) >= 11 is 0. The van der Waals surface area contributed by atoms with Crippen LogP contribution in [0.1, 0.15) is 37.2 Å². The third-order valence-corrected chi connectivity index (χ3v) is 5.01. The zero-order valence-corrected chi connectivity index (χ0v) is 19.2. The molecule has 0 aliphatic carbocycles. The number of amides is 1. The van der Waals surface area contributed by atoms with Gasteiger partial charge in [-0.05, 0) is 51.0 Å². The summed E-state index contributed by atoms with van der Waals surface area (Å²) in [4.78, 5) is 35.4. The van der Waals surface area contributed by atoms with Gasteiger partial charge in [0.15, 0.2) is 6.10 Å². The molecule has 10 nitrogen and oxygen atoms in total. The molecule has 0 saturated carbocycles. The molecular formula is C23H26N4O6. The van der Waals surface area contributed by atoms with E-state index in [2.05, 4.69) is 16.8 Å². The summed E-state index contributed by atoms with van der Waals surface area (Å²) in [6.07, 6.45) is 1.10. The van der Waals surface area contributed by atoms with Crippen molar-refractivity contribution in [1.82, 2.24) is 4.57 Å². The second kappa shape index (κ2) is 10.9. The third-order valence-electron chi connectivity index (χ3n) is 5.01. The monoisotopic (exact) mass is 454 g/mol. The van der Waals surface area contributed by atoms with Crippen LogP contribution >= 0.6 is 0 Å². The van der Waals surface area contributed by atoms with E-state index in [-0.39, 0.29) is 22.7 Å². The van der Waals surface area contributed by atoms with Gasteiger partial charge < -0.3 is 19.4 Å². The van der Waals surface area contributed by atoms with Crippen LogP contribution in [-0.2, 0) is 20.9 Å². The highest BCUT2D eigenvalue weighted by molar-refractivity contribution is 6.01. The molecule has 0 spiro atoms. The van der Waals surface area contributed by atoms with E-state index < -0.39 is 22.9 Å². The van der Waals surface area contributed by atoms with Crippen molar-refractivity contribution in [1.29, 1.82) is 5.26 Å². The maximum Gasteiger partial charge on any atom is 0.349 e. The number of hydrogen-bond donors (Lipinski definition) is 1. The summed E-state index contributed by atoms with van der Waals surface area (Å²) in [7, 11) is 1.35. The first kappa shape index (κ1) is 25.1. The Labute approximate surface area is 191 Å². The molecule has 10 heteroatoms. The second-order valence-electron chi connectivity index (χ2n) is 7.33. The number of nitriles is 1. The normalized spacial score (nSPS) is 11.9. The van der Waals surface area contributed by atoms with Crippen LogP contribution in [-0.4, -0.2) is 34.6 Å². The van der Waals surface area contributed by atoms with Crippen LogP contribution in [0.25, 0.3) is 6.08 Å². The van der Waals surface area contributed by atoms with Crippen molar-refractivity contribution in [2.24, 2.45) is 0 Å². The number of esters is 1. The standard InChI is InChI=1S/C23H26N4O6/c1-6-9-26-14(2)10-17(15(26)3)11-18(13-24)23(29)33-16(4)22(28)25-20-12-19(27(30)31)7-8-21(20)32-5/h7-8,10-12,16H,6,9H2,1-5H3,(H,25,28)/b18-11+. The fourth-order valence-electron chi connectivity index (χ4n) is 3.25. The maximum absolute atomic E-state index is 12.5. The Morgan fingerprint density at radius 2 is 2.03 bits per heavy atom. The lowest BCUT2D eigenvalue weighted by atomic mass is 10.1. The fraction of sp³-hybridized carbons (Fsp3) is 0.348. The van der Waals surface area contributed by atoms with Crippen molar-refractivity contribution in [2.75, 3.05) is 12.4 Å². The number of nitrogens with zero attached hydrogens (tertiary/aromatic N) is 3.